The fourth-order valence-corrected chi connectivity index (χ4v) is 4.52. The zero-order chi connectivity index (χ0) is 20.0. The summed E-state index contributed by atoms with van der Waals surface area (Å²) in [5.74, 6) is 0.684. The number of methoxy groups -OCH3 is 1. The number of rotatable bonds is 8. The molecular weight excluding hydrogens is 374 g/mol. The highest BCUT2D eigenvalue weighted by Gasteiger charge is 2.21. The summed E-state index contributed by atoms with van der Waals surface area (Å²) < 4.78 is 34.4. The number of para-hydroxylation sites is 1. The lowest BCUT2D eigenvalue weighted by Crippen LogP contribution is -2.43. The Hall–Kier alpha value is -2.25. The molecule has 152 valence electrons. The number of piperazine rings is 1. The van der Waals surface area contributed by atoms with Crippen molar-refractivity contribution in [2.75, 3.05) is 42.9 Å². The van der Waals surface area contributed by atoms with Crippen LogP contribution in [0.25, 0.3) is 0 Å². The summed E-state index contributed by atoms with van der Waals surface area (Å²) in [4.78, 5) is 2.40. The van der Waals surface area contributed by atoms with E-state index in [1.165, 1.54) is 0 Å². The van der Waals surface area contributed by atoms with Crippen molar-refractivity contribution in [1.82, 2.24) is 5.32 Å². The van der Waals surface area contributed by atoms with Crippen molar-refractivity contribution in [3.05, 3.63) is 48.0 Å². The third kappa shape index (κ3) is 4.77. The summed E-state index contributed by atoms with van der Waals surface area (Å²) in [6.45, 7) is 5.48. The molecule has 1 fully saturated rings. The Labute approximate surface area is 168 Å². The highest BCUT2D eigenvalue weighted by atomic mass is 32.2. The number of sulfonamides is 1. The first kappa shape index (κ1) is 20.5. The predicted octanol–water partition coefficient (Wildman–Crippen LogP) is 3.25. The van der Waals surface area contributed by atoms with E-state index in [1.54, 1.807) is 25.3 Å². The lowest BCUT2D eigenvalue weighted by Gasteiger charge is -2.30. The highest BCUT2D eigenvalue weighted by molar-refractivity contribution is 7.92. The molecule has 0 spiro atoms. The first-order valence-electron chi connectivity index (χ1n) is 9.79. The predicted molar refractivity (Wildman–Crippen MR) is 114 cm³/mol. The van der Waals surface area contributed by atoms with E-state index < -0.39 is 10.0 Å². The van der Waals surface area contributed by atoms with Gasteiger partial charge in [0, 0.05) is 26.2 Å². The molecule has 1 aliphatic rings. The molecule has 0 radical (unpaired) electrons. The highest BCUT2D eigenvalue weighted by Crippen LogP contribution is 2.32. The van der Waals surface area contributed by atoms with E-state index in [0.29, 0.717) is 11.4 Å². The van der Waals surface area contributed by atoms with E-state index in [1.807, 2.05) is 24.3 Å². The second kappa shape index (κ2) is 9.30. The molecule has 1 aliphatic heterocycles. The third-order valence-corrected chi connectivity index (χ3v) is 6.34. The minimum atomic E-state index is -3.69. The molecular formula is C21H29N3O3S. The van der Waals surface area contributed by atoms with Crippen LogP contribution in [0.15, 0.2) is 47.4 Å². The van der Waals surface area contributed by atoms with Gasteiger partial charge in [0.25, 0.3) is 10.0 Å². The van der Waals surface area contributed by atoms with Crippen LogP contribution >= 0.6 is 0 Å². The Morgan fingerprint density at radius 3 is 2.61 bits per heavy atom. The topological polar surface area (TPSA) is 70.7 Å². The molecule has 0 aromatic heterocycles. The molecule has 6 nitrogen and oxygen atoms in total. The van der Waals surface area contributed by atoms with Gasteiger partial charge in [-0.2, -0.15) is 0 Å². The second-order valence-electron chi connectivity index (χ2n) is 6.94. The largest absolute Gasteiger partial charge is 0.495 e. The summed E-state index contributed by atoms with van der Waals surface area (Å²) in [5, 5.41) is 3.31. The van der Waals surface area contributed by atoms with Gasteiger partial charge in [0.15, 0.2) is 0 Å². The maximum absolute atomic E-state index is 13.1. The number of anilines is 2. The quantitative estimate of drug-likeness (QED) is 0.708. The van der Waals surface area contributed by atoms with Crippen LogP contribution in [0.4, 0.5) is 11.4 Å². The molecule has 28 heavy (non-hydrogen) atoms. The molecule has 0 aliphatic carbocycles. The number of hydrogen-bond acceptors (Lipinski definition) is 5. The Morgan fingerprint density at radius 1 is 1.14 bits per heavy atom. The fourth-order valence-electron chi connectivity index (χ4n) is 3.40. The van der Waals surface area contributed by atoms with E-state index in [0.717, 1.165) is 56.7 Å². The van der Waals surface area contributed by atoms with Crippen LogP contribution in [0.5, 0.6) is 5.75 Å². The molecule has 3 rings (SSSR count). The fraction of sp³-hybridized carbons (Fsp3) is 0.429. The van der Waals surface area contributed by atoms with Crippen LogP contribution in [-0.4, -0.2) is 41.7 Å². The number of nitrogens with one attached hydrogen (secondary N) is 2. The first-order chi connectivity index (χ1) is 13.5. The Kier molecular flexibility index (Phi) is 6.80. The summed E-state index contributed by atoms with van der Waals surface area (Å²) in [6, 6.07) is 12.6. The number of hydrogen-bond donors (Lipinski definition) is 2. The molecule has 2 N–H and O–H groups in total. The third-order valence-electron chi connectivity index (χ3n) is 4.98. The van der Waals surface area contributed by atoms with Gasteiger partial charge in [-0.3, -0.25) is 4.72 Å². The molecule has 1 heterocycles. The van der Waals surface area contributed by atoms with E-state index >= 15 is 0 Å². The summed E-state index contributed by atoms with van der Waals surface area (Å²) in [5.41, 5.74) is 2.48. The van der Waals surface area contributed by atoms with Gasteiger partial charge in [0.05, 0.1) is 23.4 Å². The number of ether oxygens (including phenoxy) is 1. The Morgan fingerprint density at radius 2 is 1.89 bits per heavy atom. The van der Waals surface area contributed by atoms with Gasteiger partial charge in [-0.25, -0.2) is 8.42 Å². The average molecular weight is 404 g/mol. The van der Waals surface area contributed by atoms with E-state index in [4.69, 9.17) is 4.74 Å². The second-order valence-corrected chi connectivity index (χ2v) is 8.62. The van der Waals surface area contributed by atoms with Crippen molar-refractivity contribution in [3.8, 4) is 5.75 Å². The summed E-state index contributed by atoms with van der Waals surface area (Å²) in [7, 11) is -2.09. The van der Waals surface area contributed by atoms with Crippen molar-refractivity contribution in [3.63, 3.8) is 0 Å². The van der Waals surface area contributed by atoms with Crippen molar-refractivity contribution in [2.24, 2.45) is 0 Å². The van der Waals surface area contributed by atoms with Crippen LogP contribution in [0.1, 0.15) is 25.3 Å². The normalized spacial score (nSPS) is 14.7. The van der Waals surface area contributed by atoms with E-state index in [9.17, 15) is 8.42 Å². The van der Waals surface area contributed by atoms with Crippen molar-refractivity contribution >= 4 is 21.4 Å². The van der Waals surface area contributed by atoms with Gasteiger partial charge in [-0.05, 0) is 42.7 Å². The minimum absolute atomic E-state index is 0.243. The molecule has 0 bridgehead atoms. The van der Waals surface area contributed by atoms with E-state index in [-0.39, 0.29) is 4.90 Å². The van der Waals surface area contributed by atoms with Crippen molar-refractivity contribution < 1.29 is 13.2 Å². The Balaban J connectivity index is 1.90. The zero-order valence-electron chi connectivity index (χ0n) is 16.6. The SMILES string of the molecule is CCCCc1ccccc1NS(=O)(=O)c1ccc(OC)c(N2CCNCC2)c1. The van der Waals surface area contributed by atoms with Crippen molar-refractivity contribution in [1.29, 1.82) is 0 Å². The van der Waals surface area contributed by atoms with Crippen LogP contribution in [-0.2, 0) is 16.4 Å². The van der Waals surface area contributed by atoms with Gasteiger partial charge in [0.2, 0.25) is 0 Å². The number of nitrogens with zero attached hydrogens (tertiary/aromatic N) is 1. The minimum Gasteiger partial charge on any atom is -0.495 e. The van der Waals surface area contributed by atoms with Crippen LogP contribution in [0.2, 0.25) is 0 Å². The molecule has 7 heteroatoms. The smallest absolute Gasteiger partial charge is 0.261 e. The number of unbranched alkanes of at least 4 members (excludes halogenated alkanes) is 1. The van der Waals surface area contributed by atoms with Gasteiger partial charge in [0.1, 0.15) is 5.75 Å². The van der Waals surface area contributed by atoms with Crippen LogP contribution < -0.4 is 19.7 Å². The van der Waals surface area contributed by atoms with Gasteiger partial charge >= 0.3 is 0 Å². The van der Waals surface area contributed by atoms with Gasteiger partial charge < -0.3 is 15.0 Å². The molecule has 1 saturated heterocycles. The molecule has 2 aromatic rings. The summed E-state index contributed by atoms with van der Waals surface area (Å²) in [6.07, 6.45) is 2.94. The lowest BCUT2D eigenvalue weighted by molar-refractivity contribution is 0.412. The van der Waals surface area contributed by atoms with Crippen LogP contribution in [0.3, 0.4) is 0 Å². The number of aryl methyl sites for hydroxylation is 1. The molecule has 0 saturated carbocycles. The number of benzene rings is 2. The summed E-state index contributed by atoms with van der Waals surface area (Å²) >= 11 is 0. The lowest BCUT2D eigenvalue weighted by atomic mass is 10.1. The van der Waals surface area contributed by atoms with Crippen molar-refractivity contribution in [2.45, 2.75) is 31.1 Å². The maximum Gasteiger partial charge on any atom is 0.261 e. The van der Waals surface area contributed by atoms with E-state index in [2.05, 4.69) is 21.9 Å². The Bertz CT molecular complexity index is 894. The zero-order valence-corrected chi connectivity index (χ0v) is 17.4. The van der Waals surface area contributed by atoms with Crippen LogP contribution in [0, 0.1) is 0 Å². The molecule has 0 atom stereocenters. The van der Waals surface area contributed by atoms with Gasteiger partial charge in [-0.1, -0.05) is 31.5 Å². The first-order valence-corrected chi connectivity index (χ1v) is 11.3. The van der Waals surface area contributed by atoms with Gasteiger partial charge in [-0.15, -0.1) is 0 Å². The molecule has 2 aromatic carbocycles. The monoisotopic (exact) mass is 403 g/mol. The maximum atomic E-state index is 13.1. The molecule has 0 amide bonds. The molecule has 0 unspecified atom stereocenters. The average Bonchev–Trinajstić information content (AvgIpc) is 2.73. The standard InChI is InChI=1S/C21H29N3O3S/c1-3-4-7-17-8-5-6-9-19(17)23-28(25,26)18-10-11-21(27-2)20(16-18)24-14-12-22-13-15-24/h5-6,8-11,16,22-23H,3-4,7,12-15H2,1-2H3.